The largest absolute Gasteiger partial charge is 0.756 e. The van der Waals surface area contributed by atoms with Gasteiger partial charge >= 0.3 is 0 Å². The number of hydrogen-bond donors (Lipinski definition) is 2. The molecule has 0 saturated heterocycles. The van der Waals surface area contributed by atoms with Gasteiger partial charge in [0.1, 0.15) is 13.2 Å². The number of hydrogen-bond acceptors (Lipinski definition) is 6. The molecule has 85 heavy (non-hydrogen) atoms. The lowest BCUT2D eigenvalue weighted by Gasteiger charge is -2.29. The second-order valence-corrected chi connectivity index (χ2v) is 28.0. The molecule has 0 radical (unpaired) electrons. The lowest BCUT2D eigenvalue weighted by atomic mass is 10.0. The molecule has 0 aliphatic carbocycles. The minimum atomic E-state index is -4.61. The zero-order chi connectivity index (χ0) is 61.9. The summed E-state index contributed by atoms with van der Waals surface area (Å²) in [4.78, 5) is 25.7. The van der Waals surface area contributed by atoms with Crippen LogP contribution in [0.2, 0.25) is 0 Å². The Hall–Kier alpha value is -1.80. The second-order valence-electron chi connectivity index (χ2n) is 26.6. The number of aliphatic hydroxyl groups excluding tert-OH is 1. The molecule has 9 heteroatoms. The molecule has 2 N–H and O–H groups in total. The van der Waals surface area contributed by atoms with Crippen molar-refractivity contribution in [2.24, 2.45) is 0 Å². The summed E-state index contributed by atoms with van der Waals surface area (Å²) in [5.74, 6) is -0.192. The molecule has 0 aromatic heterocycles. The van der Waals surface area contributed by atoms with Gasteiger partial charge in [-0.25, -0.2) is 0 Å². The summed E-state index contributed by atoms with van der Waals surface area (Å²) in [6, 6.07) is -0.889. The maximum atomic E-state index is 13.1. The van der Waals surface area contributed by atoms with Crippen LogP contribution in [-0.4, -0.2) is 68.5 Å². The van der Waals surface area contributed by atoms with Crippen LogP contribution in [0.1, 0.15) is 367 Å². The molecule has 0 aromatic rings. The van der Waals surface area contributed by atoms with Gasteiger partial charge in [-0.3, -0.25) is 9.36 Å². The average molecular weight is 1210 g/mol. The first-order chi connectivity index (χ1) is 41.5. The van der Waals surface area contributed by atoms with Gasteiger partial charge in [-0.2, -0.15) is 0 Å². The Kier molecular flexibility index (Phi) is 65.2. The summed E-state index contributed by atoms with van der Waals surface area (Å²) in [6.07, 6.45) is 92.2. The Labute approximate surface area is 530 Å². The third-order valence-corrected chi connectivity index (χ3v) is 17.9. The number of carbonyl (C=O) groups is 1. The number of unbranched alkanes of at least 4 members (excludes halogenated alkanes) is 48. The molecule has 0 rings (SSSR count). The normalized spacial score (nSPS) is 13.9. The summed E-state index contributed by atoms with van der Waals surface area (Å²) in [5.41, 5.74) is 0. The van der Waals surface area contributed by atoms with Gasteiger partial charge in [0.05, 0.1) is 39.9 Å². The Morgan fingerprint density at radius 1 is 0.424 bits per heavy atom. The monoisotopic (exact) mass is 1210 g/mol. The minimum Gasteiger partial charge on any atom is -0.756 e. The van der Waals surface area contributed by atoms with E-state index in [-0.39, 0.29) is 19.1 Å². The predicted molar refractivity (Wildman–Crippen MR) is 371 cm³/mol. The first-order valence-electron chi connectivity index (χ1n) is 37.2. The van der Waals surface area contributed by atoms with Crippen molar-refractivity contribution in [2.75, 3.05) is 40.9 Å². The molecular formula is C76H145N2O6P. The van der Waals surface area contributed by atoms with Gasteiger partial charge in [-0.15, -0.1) is 0 Å². The molecule has 0 aliphatic heterocycles. The van der Waals surface area contributed by atoms with Crippen molar-refractivity contribution in [2.45, 2.75) is 379 Å². The van der Waals surface area contributed by atoms with Gasteiger partial charge in [-0.05, 0) is 57.8 Å². The molecule has 0 saturated carbocycles. The van der Waals surface area contributed by atoms with Gasteiger partial charge in [-0.1, -0.05) is 364 Å². The van der Waals surface area contributed by atoms with Crippen LogP contribution in [0, 0.1) is 0 Å². The van der Waals surface area contributed by atoms with Gasteiger partial charge in [0.25, 0.3) is 7.82 Å². The van der Waals surface area contributed by atoms with E-state index in [9.17, 15) is 19.4 Å². The number of allylic oxidation sites excluding steroid dienone is 9. The summed E-state index contributed by atoms with van der Waals surface area (Å²) in [6.45, 7) is 4.59. The van der Waals surface area contributed by atoms with E-state index in [2.05, 4.69) is 67.8 Å². The first kappa shape index (κ1) is 83.2. The lowest BCUT2D eigenvalue weighted by molar-refractivity contribution is -0.870. The van der Waals surface area contributed by atoms with E-state index in [1.54, 1.807) is 6.08 Å². The summed E-state index contributed by atoms with van der Waals surface area (Å²) in [7, 11) is 1.27. The SMILES string of the molecule is CC/C=C\C/C=C\C/C=C\C/C=C\CCCCCCCCCCCCCCCCCCCCC(=O)NC(COP(=O)([O-])OCC[N+](C)(C)C)C(O)/C=C/CCCCCCCCCCCCCCCCCCCCCCCCCCCCCCCC. The molecule has 3 unspecified atom stereocenters. The van der Waals surface area contributed by atoms with Crippen molar-refractivity contribution in [3.63, 3.8) is 0 Å². The summed E-state index contributed by atoms with van der Waals surface area (Å²) in [5, 5.41) is 14.0. The summed E-state index contributed by atoms with van der Waals surface area (Å²) >= 11 is 0. The zero-order valence-electron chi connectivity index (χ0n) is 57.3. The number of aliphatic hydroxyl groups is 1. The third kappa shape index (κ3) is 69.5. The van der Waals surface area contributed by atoms with Crippen LogP contribution in [-0.2, 0) is 18.4 Å². The molecule has 0 fully saturated rings. The molecule has 0 aliphatic rings. The maximum absolute atomic E-state index is 13.1. The number of nitrogens with zero attached hydrogens (tertiary/aromatic N) is 1. The Balaban J connectivity index is 4.01. The van der Waals surface area contributed by atoms with E-state index in [4.69, 9.17) is 9.05 Å². The molecule has 500 valence electrons. The van der Waals surface area contributed by atoms with Crippen molar-refractivity contribution in [3.8, 4) is 0 Å². The van der Waals surface area contributed by atoms with Crippen LogP contribution < -0.4 is 10.2 Å². The topological polar surface area (TPSA) is 108 Å². The third-order valence-electron chi connectivity index (χ3n) is 17.0. The quantitative estimate of drug-likeness (QED) is 0.0272. The van der Waals surface area contributed by atoms with E-state index >= 15 is 0 Å². The number of amides is 1. The average Bonchev–Trinajstić information content (AvgIpc) is 3.49. The Bertz CT molecular complexity index is 1570. The highest BCUT2D eigenvalue weighted by Crippen LogP contribution is 2.38. The van der Waals surface area contributed by atoms with E-state index in [1.807, 2.05) is 27.2 Å². The standard InChI is InChI=1S/C76H145N2O6P/c1-6-8-10-12-14-16-18-20-22-24-26-28-30-32-34-36-38-40-41-43-45-47-49-51-53-55-57-59-61-63-65-67-69-75(79)74(73-84-85(81,82)83-72-71-78(3,4)5)77-76(80)70-68-66-64-62-60-58-56-54-52-50-48-46-44-42-39-37-35-33-31-29-27-25-23-21-19-17-15-13-11-9-7-2/h9,11,15,17,21,23,27,29,67,69,74-75,79H,6-8,10,12-14,16,18-20,22,24-26,28,30-66,68,70-73H2,1-5H3,(H-,77,80,81,82)/b11-9-,17-15-,23-21-,29-27-,69-67+. The molecule has 1 amide bonds. The molecule has 8 nitrogen and oxygen atoms in total. The van der Waals surface area contributed by atoms with E-state index < -0.39 is 20.0 Å². The van der Waals surface area contributed by atoms with Crippen LogP contribution >= 0.6 is 7.82 Å². The Morgan fingerprint density at radius 3 is 1.05 bits per heavy atom. The predicted octanol–water partition coefficient (Wildman–Crippen LogP) is 23.3. The fourth-order valence-corrected chi connectivity index (χ4v) is 12.0. The number of phosphoric ester groups is 1. The minimum absolute atomic E-state index is 0.000431. The van der Waals surface area contributed by atoms with Crippen LogP contribution in [0.4, 0.5) is 0 Å². The van der Waals surface area contributed by atoms with Gasteiger partial charge in [0.2, 0.25) is 5.91 Å². The van der Waals surface area contributed by atoms with Crippen LogP contribution in [0.3, 0.4) is 0 Å². The molecule has 0 spiro atoms. The van der Waals surface area contributed by atoms with E-state index in [0.717, 1.165) is 64.2 Å². The van der Waals surface area contributed by atoms with E-state index in [0.29, 0.717) is 17.4 Å². The van der Waals surface area contributed by atoms with Crippen LogP contribution in [0.15, 0.2) is 60.8 Å². The highest BCUT2D eigenvalue weighted by molar-refractivity contribution is 7.45. The van der Waals surface area contributed by atoms with Gasteiger partial charge in [0.15, 0.2) is 0 Å². The highest BCUT2D eigenvalue weighted by Gasteiger charge is 2.23. The second kappa shape index (κ2) is 66.6. The zero-order valence-corrected chi connectivity index (χ0v) is 58.2. The fourth-order valence-electron chi connectivity index (χ4n) is 11.3. The van der Waals surface area contributed by atoms with Gasteiger partial charge in [0, 0.05) is 6.42 Å². The van der Waals surface area contributed by atoms with E-state index in [1.165, 1.54) is 283 Å². The summed E-state index contributed by atoms with van der Waals surface area (Å²) < 4.78 is 23.5. The molecule has 0 heterocycles. The molecular weight excluding hydrogens is 1070 g/mol. The number of nitrogens with one attached hydrogen (secondary N) is 1. The van der Waals surface area contributed by atoms with Crippen molar-refractivity contribution in [1.82, 2.24) is 5.32 Å². The maximum Gasteiger partial charge on any atom is 0.268 e. The highest BCUT2D eigenvalue weighted by atomic mass is 31.2. The van der Waals surface area contributed by atoms with Crippen molar-refractivity contribution >= 4 is 13.7 Å². The fraction of sp³-hybridized carbons (Fsp3) is 0.855. The van der Waals surface area contributed by atoms with Crippen LogP contribution in [0.25, 0.3) is 0 Å². The number of likely N-dealkylation sites (N-methyl/N-ethyl adjacent to an activating group) is 1. The molecule has 0 bridgehead atoms. The number of phosphoric acid groups is 1. The van der Waals surface area contributed by atoms with Gasteiger partial charge < -0.3 is 28.8 Å². The molecule has 0 aromatic carbocycles. The van der Waals surface area contributed by atoms with Crippen molar-refractivity contribution in [3.05, 3.63) is 60.8 Å². The number of quaternary nitrogens is 1. The van der Waals surface area contributed by atoms with Crippen molar-refractivity contribution in [1.29, 1.82) is 0 Å². The number of rotatable bonds is 69. The first-order valence-corrected chi connectivity index (χ1v) is 38.6. The van der Waals surface area contributed by atoms with Crippen LogP contribution in [0.5, 0.6) is 0 Å². The Morgan fingerprint density at radius 2 is 0.718 bits per heavy atom. The smallest absolute Gasteiger partial charge is 0.268 e. The number of carbonyl (C=O) groups excluding carboxylic acids is 1. The molecule has 3 atom stereocenters. The lowest BCUT2D eigenvalue weighted by Crippen LogP contribution is -2.45. The van der Waals surface area contributed by atoms with Crippen molar-refractivity contribution < 1.29 is 32.9 Å².